The summed E-state index contributed by atoms with van der Waals surface area (Å²) in [5.74, 6) is 0.684. The molecule has 1 rings (SSSR count). The fraction of sp³-hybridized carbons (Fsp3) is 0.625. The van der Waals surface area contributed by atoms with Gasteiger partial charge >= 0.3 is 5.51 Å². The van der Waals surface area contributed by atoms with Gasteiger partial charge in [-0.05, 0) is 11.8 Å². The Labute approximate surface area is 100 Å². The summed E-state index contributed by atoms with van der Waals surface area (Å²) in [5, 5.41) is 3.37. The average Bonchev–Trinajstić information content (AvgIpc) is 2.47. The van der Waals surface area contributed by atoms with Gasteiger partial charge in [0.1, 0.15) is 11.0 Å². The van der Waals surface area contributed by atoms with Crippen molar-refractivity contribution in [2.75, 3.05) is 12.3 Å². The van der Waals surface area contributed by atoms with E-state index in [-0.39, 0.29) is 24.1 Å². The summed E-state index contributed by atoms with van der Waals surface area (Å²) in [7, 11) is 1.75. The van der Waals surface area contributed by atoms with Crippen LogP contribution in [0.5, 0.6) is 0 Å². The number of nitrogens with zero attached hydrogens (tertiary/aromatic N) is 2. The van der Waals surface area contributed by atoms with Gasteiger partial charge in [-0.1, -0.05) is 11.6 Å². The molecule has 0 aliphatic heterocycles. The Morgan fingerprint density at radius 1 is 1.56 bits per heavy atom. The summed E-state index contributed by atoms with van der Waals surface area (Å²) in [6.45, 7) is 0.677. The second kappa shape index (κ2) is 5.79. The number of thioether (sulfide) groups is 1. The van der Waals surface area contributed by atoms with Gasteiger partial charge in [-0.25, -0.2) is 4.98 Å². The Morgan fingerprint density at radius 2 is 2.25 bits per heavy atom. The third-order valence-electron chi connectivity index (χ3n) is 1.86. The highest BCUT2D eigenvalue weighted by atomic mass is 35.5. The summed E-state index contributed by atoms with van der Waals surface area (Å²) in [6.07, 6.45) is 1.50. The van der Waals surface area contributed by atoms with Crippen molar-refractivity contribution >= 4 is 23.4 Å². The topological polar surface area (TPSA) is 29.9 Å². The van der Waals surface area contributed by atoms with Gasteiger partial charge in [0, 0.05) is 19.3 Å². The highest BCUT2D eigenvalue weighted by Crippen LogP contribution is 2.29. The van der Waals surface area contributed by atoms with Crippen molar-refractivity contribution in [2.45, 2.75) is 12.1 Å². The fourth-order valence-electron chi connectivity index (χ4n) is 1.03. The number of imidazole rings is 1. The molecule has 92 valence electrons. The summed E-state index contributed by atoms with van der Waals surface area (Å²) < 4.78 is 37.0. The van der Waals surface area contributed by atoms with E-state index in [1.807, 2.05) is 0 Å². The van der Waals surface area contributed by atoms with E-state index in [0.717, 1.165) is 0 Å². The average molecular weight is 274 g/mol. The van der Waals surface area contributed by atoms with Crippen molar-refractivity contribution < 1.29 is 13.2 Å². The Kier molecular flexibility index (Phi) is 4.94. The van der Waals surface area contributed by atoms with Crippen molar-refractivity contribution in [1.82, 2.24) is 14.9 Å². The van der Waals surface area contributed by atoms with Crippen molar-refractivity contribution in [3.63, 3.8) is 0 Å². The van der Waals surface area contributed by atoms with E-state index < -0.39 is 5.51 Å². The lowest BCUT2D eigenvalue weighted by Gasteiger charge is -2.07. The Bertz CT molecular complexity index is 340. The molecule has 16 heavy (non-hydrogen) atoms. The van der Waals surface area contributed by atoms with E-state index >= 15 is 0 Å². The Balaban J connectivity index is 2.19. The van der Waals surface area contributed by atoms with E-state index in [4.69, 9.17) is 11.6 Å². The predicted octanol–water partition coefficient (Wildman–Crippen LogP) is 2.42. The van der Waals surface area contributed by atoms with Crippen LogP contribution in [0.1, 0.15) is 5.82 Å². The molecule has 0 aromatic carbocycles. The zero-order valence-corrected chi connectivity index (χ0v) is 10.1. The molecule has 0 radical (unpaired) electrons. The molecule has 0 spiro atoms. The minimum absolute atomic E-state index is 0.0122. The van der Waals surface area contributed by atoms with Gasteiger partial charge in [0.05, 0.1) is 12.7 Å². The van der Waals surface area contributed by atoms with Crippen LogP contribution in [0.2, 0.25) is 5.15 Å². The lowest BCUT2D eigenvalue weighted by atomic mass is 10.5. The molecular weight excluding hydrogens is 263 g/mol. The summed E-state index contributed by atoms with van der Waals surface area (Å²) in [5.41, 5.74) is -4.16. The molecule has 1 aromatic heterocycles. The first-order chi connectivity index (χ1) is 7.40. The highest BCUT2D eigenvalue weighted by molar-refractivity contribution is 8.00. The molecule has 1 aromatic rings. The van der Waals surface area contributed by atoms with Crippen LogP contribution < -0.4 is 5.32 Å². The maximum Gasteiger partial charge on any atom is 0.441 e. The maximum atomic E-state index is 11.8. The first kappa shape index (κ1) is 13.7. The second-order valence-corrected chi connectivity index (χ2v) is 4.57. The van der Waals surface area contributed by atoms with E-state index in [1.54, 1.807) is 11.6 Å². The molecule has 0 unspecified atom stereocenters. The lowest BCUT2D eigenvalue weighted by Crippen LogP contribution is -2.20. The first-order valence-corrected chi connectivity index (χ1v) is 5.84. The van der Waals surface area contributed by atoms with Crippen molar-refractivity contribution in [1.29, 1.82) is 0 Å². The molecule has 1 N–H and O–H groups in total. The number of hydrogen-bond acceptors (Lipinski definition) is 3. The van der Waals surface area contributed by atoms with E-state index in [0.29, 0.717) is 17.5 Å². The first-order valence-electron chi connectivity index (χ1n) is 4.47. The monoisotopic (exact) mass is 273 g/mol. The van der Waals surface area contributed by atoms with Crippen LogP contribution in [0.25, 0.3) is 0 Å². The summed E-state index contributed by atoms with van der Waals surface area (Å²) in [4.78, 5) is 4.00. The van der Waals surface area contributed by atoms with Crippen molar-refractivity contribution in [3.8, 4) is 0 Å². The zero-order chi connectivity index (χ0) is 12.2. The maximum absolute atomic E-state index is 11.8. The number of nitrogens with one attached hydrogen (secondary N) is 1. The quantitative estimate of drug-likeness (QED) is 0.836. The van der Waals surface area contributed by atoms with Crippen LogP contribution in [-0.2, 0) is 13.6 Å². The van der Waals surface area contributed by atoms with Gasteiger partial charge in [0.25, 0.3) is 0 Å². The largest absolute Gasteiger partial charge is 0.441 e. The van der Waals surface area contributed by atoms with Crippen LogP contribution in [0.15, 0.2) is 6.20 Å². The highest BCUT2D eigenvalue weighted by Gasteiger charge is 2.27. The van der Waals surface area contributed by atoms with Crippen LogP contribution in [0.3, 0.4) is 0 Å². The molecular formula is C8H11ClF3N3S. The molecule has 0 aliphatic carbocycles. The molecule has 0 fully saturated rings. The number of rotatable bonds is 5. The zero-order valence-electron chi connectivity index (χ0n) is 8.51. The summed E-state index contributed by atoms with van der Waals surface area (Å²) >= 11 is 5.71. The molecule has 0 amide bonds. The van der Waals surface area contributed by atoms with Gasteiger partial charge in [-0.15, -0.1) is 0 Å². The number of halogens is 4. The standard InChI is InChI=1S/C8H11ClF3N3S/c1-15-6(9)4-14-7(15)5-13-2-3-16-8(10,11)12/h4,13H,2-3,5H2,1H3. The van der Waals surface area contributed by atoms with Gasteiger partial charge in [0.2, 0.25) is 0 Å². The number of hydrogen-bond donors (Lipinski definition) is 1. The fourth-order valence-corrected chi connectivity index (χ4v) is 1.65. The molecule has 0 saturated heterocycles. The second-order valence-electron chi connectivity index (χ2n) is 3.03. The van der Waals surface area contributed by atoms with Crippen molar-refractivity contribution in [3.05, 3.63) is 17.2 Å². The van der Waals surface area contributed by atoms with Crippen molar-refractivity contribution in [2.24, 2.45) is 7.05 Å². The Hall–Kier alpha value is -0.400. The molecule has 0 atom stereocenters. The van der Waals surface area contributed by atoms with Crippen LogP contribution in [0, 0.1) is 0 Å². The third-order valence-corrected chi connectivity index (χ3v) is 2.94. The smallest absolute Gasteiger partial charge is 0.321 e. The predicted molar refractivity (Wildman–Crippen MR) is 58.4 cm³/mol. The van der Waals surface area contributed by atoms with Crippen LogP contribution >= 0.6 is 23.4 Å². The molecule has 0 bridgehead atoms. The summed E-state index contributed by atoms with van der Waals surface area (Å²) in [6, 6.07) is 0. The molecule has 3 nitrogen and oxygen atoms in total. The lowest BCUT2D eigenvalue weighted by molar-refractivity contribution is -0.0327. The normalized spacial score (nSPS) is 12.1. The SMILES string of the molecule is Cn1c(Cl)cnc1CNCCSC(F)(F)F. The number of alkyl halides is 3. The van der Waals surface area contributed by atoms with Gasteiger partial charge < -0.3 is 9.88 Å². The molecule has 8 heteroatoms. The molecule has 1 heterocycles. The van der Waals surface area contributed by atoms with Crippen LogP contribution in [0.4, 0.5) is 13.2 Å². The minimum atomic E-state index is -4.16. The van der Waals surface area contributed by atoms with Crippen LogP contribution in [-0.4, -0.2) is 27.4 Å². The van der Waals surface area contributed by atoms with Gasteiger partial charge in [-0.3, -0.25) is 0 Å². The number of aromatic nitrogens is 2. The minimum Gasteiger partial charge on any atom is -0.321 e. The Morgan fingerprint density at radius 3 is 2.75 bits per heavy atom. The van der Waals surface area contributed by atoms with E-state index in [9.17, 15) is 13.2 Å². The van der Waals surface area contributed by atoms with E-state index in [1.165, 1.54) is 6.20 Å². The van der Waals surface area contributed by atoms with E-state index in [2.05, 4.69) is 10.3 Å². The van der Waals surface area contributed by atoms with Gasteiger partial charge in [-0.2, -0.15) is 13.2 Å². The third kappa shape index (κ3) is 4.63. The molecule has 0 saturated carbocycles. The molecule has 0 aliphatic rings. The van der Waals surface area contributed by atoms with Gasteiger partial charge in [0.15, 0.2) is 0 Å².